The maximum Gasteiger partial charge on any atom is 0.342 e. The molecule has 11 unspecified atom stereocenters. The molecule has 3 N–H and O–H groups in total. The van der Waals surface area contributed by atoms with Gasteiger partial charge in [-0.15, -0.1) is 0 Å². The number of ether oxygens (including phenoxy) is 4. The third-order valence-corrected chi connectivity index (χ3v) is 12.7. The molecule has 0 radical (unpaired) electrons. The van der Waals surface area contributed by atoms with Crippen LogP contribution >= 0.6 is 0 Å². The quantitative estimate of drug-likeness (QED) is 0.344. The summed E-state index contributed by atoms with van der Waals surface area (Å²) >= 11 is 0. The van der Waals surface area contributed by atoms with Gasteiger partial charge < -0.3 is 34.3 Å². The van der Waals surface area contributed by atoms with E-state index in [9.17, 15) is 34.5 Å². The number of hydrogen-bond acceptors (Lipinski definition) is 11. The monoisotopic (exact) mass is 544 g/mol. The van der Waals surface area contributed by atoms with Crippen molar-refractivity contribution < 1.29 is 53.4 Å². The lowest BCUT2D eigenvalue weighted by atomic mass is 9.46. The van der Waals surface area contributed by atoms with Crippen molar-refractivity contribution in [2.45, 2.75) is 93.3 Å². The van der Waals surface area contributed by atoms with Crippen molar-refractivity contribution in [2.75, 3.05) is 6.61 Å². The Morgan fingerprint density at radius 3 is 2.54 bits per heavy atom. The average Bonchev–Trinajstić information content (AvgIpc) is 3.19. The molecule has 3 aliphatic carbocycles. The van der Waals surface area contributed by atoms with E-state index in [1.165, 1.54) is 12.2 Å². The molecule has 11 heteroatoms. The second kappa shape index (κ2) is 6.49. The molecule has 7 fully saturated rings. The van der Waals surface area contributed by atoms with Gasteiger partial charge in [-0.3, -0.25) is 14.4 Å². The maximum atomic E-state index is 14.9. The number of fused-ring (bicyclic) bond motifs is 5. The fourth-order valence-electron chi connectivity index (χ4n) is 10.6. The Kier molecular flexibility index (Phi) is 4.09. The van der Waals surface area contributed by atoms with Crippen LogP contribution in [0.4, 0.5) is 0 Å². The molecule has 5 bridgehead atoms. The minimum atomic E-state index is -2.32. The summed E-state index contributed by atoms with van der Waals surface area (Å²) in [4.78, 5) is 55.5. The summed E-state index contributed by atoms with van der Waals surface area (Å²) in [7, 11) is 0. The highest BCUT2D eigenvalue weighted by atomic mass is 16.8. The van der Waals surface area contributed by atoms with E-state index in [2.05, 4.69) is 0 Å². The van der Waals surface area contributed by atoms with Gasteiger partial charge in [0.05, 0.1) is 30.0 Å². The number of esters is 2. The molecule has 13 atom stereocenters. The molecule has 210 valence electrons. The first kappa shape index (κ1) is 24.6. The minimum absolute atomic E-state index is 0.0207. The second-order valence-corrected chi connectivity index (χ2v) is 13.8. The van der Waals surface area contributed by atoms with Crippen LogP contribution in [0.25, 0.3) is 0 Å². The van der Waals surface area contributed by atoms with E-state index in [-0.39, 0.29) is 38.7 Å². The molecule has 11 nitrogen and oxygen atoms in total. The SMILES string of the molecule is CC12CC3OC(=O)C1COC14OC5(C2C1=O)C(O)(CCC1C4C[C@@H](O)[C@@]2(O)CC=CC(=O)C12C)C(=O)OC35C. The van der Waals surface area contributed by atoms with Gasteiger partial charge in [0.15, 0.2) is 28.4 Å². The summed E-state index contributed by atoms with van der Waals surface area (Å²) in [6.07, 6.45) is 0.491. The minimum Gasteiger partial charge on any atom is -0.458 e. The van der Waals surface area contributed by atoms with E-state index < -0.39 is 98.4 Å². The summed E-state index contributed by atoms with van der Waals surface area (Å²) in [5.74, 6) is -8.35. The van der Waals surface area contributed by atoms with Crippen molar-refractivity contribution in [1.82, 2.24) is 0 Å². The zero-order valence-corrected chi connectivity index (χ0v) is 22.0. The Morgan fingerprint density at radius 2 is 1.79 bits per heavy atom. The van der Waals surface area contributed by atoms with Crippen molar-refractivity contribution in [3.05, 3.63) is 12.2 Å². The lowest BCUT2D eigenvalue weighted by molar-refractivity contribution is -0.382. The van der Waals surface area contributed by atoms with Crippen LogP contribution in [0.3, 0.4) is 0 Å². The van der Waals surface area contributed by atoms with Crippen LogP contribution in [-0.4, -0.2) is 85.8 Å². The van der Waals surface area contributed by atoms with E-state index in [1.54, 1.807) is 20.8 Å². The fourth-order valence-corrected chi connectivity index (χ4v) is 10.6. The number of rotatable bonds is 0. The topological polar surface area (TPSA) is 166 Å². The molecule has 8 rings (SSSR count). The van der Waals surface area contributed by atoms with Gasteiger partial charge in [0.1, 0.15) is 11.7 Å². The zero-order chi connectivity index (χ0) is 27.8. The van der Waals surface area contributed by atoms with Crippen LogP contribution in [0.2, 0.25) is 0 Å². The normalized spacial score (nSPS) is 62.0. The summed E-state index contributed by atoms with van der Waals surface area (Å²) in [6.45, 7) is 4.69. The molecule has 0 aromatic heterocycles. The molecule has 2 spiro atoms. The van der Waals surface area contributed by atoms with Gasteiger partial charge in [0.2, 0.25) is 5.79 Å². The summed E-state index contributed by atoms with van der Waals surface area (Å²) in [5.41, 5.74) is -10.4. The van der Waals surface area contributed by atoms with Crippen molar-refractivity contribution >= 4 is 23.5 Å². The van der Waals surface area contributed by atoms with Crippen LogP contribution in [0, 0.1) is 34.5 Å². The highest BCUT2D eigenvalue weighted by Crippen LogP contribution is 2.75. The van der Waals surface area contributed by atoms with Gasteiger partial charge in [0.25, 0.3) is 0 Å². The molecule has 0 amide bonds. The number of aliphatic hydroxyl groups is 3. The van der Waals surface area contributed by atoms with Gasteiger partial charge in [-0.25, -0.2) is 4.79 Å². The van der Waals surface area contributed by atoms with E-state index in [1.807, 2.05) is 0 Å². The molecular formula is C28H32O11. The van der Waals surface area contributed by atoms with Crippen molar-refractivity contribution in [3.8, 4) is 0 Å². The summed E-state index contributed by atoms with van der Waals surface area (Å²) in [5, 5.41) is 35.6. The molecular weight excluding hydrogens is 512 g/mol. The first-order valence-corrected chi connectivity index (χ1v) is 13.8. The standard InChI is InChI=1S/C28H32O11/c1-22-10-17-24(3)28-18(22)19(31)27(39-28,36-11-14(22)20(32)37-17)13-9-16(30)25(34)7-4-5-15(29)23(25,2)12(13)6-8-26(28,35)21(33)38-24/h4-5,12-14,16-18,30,34-35H,6-11H2,1-3H3/t12?,13?,14?,16-,17?,18?,22?,23?,24?,25+,26?,27?,28?/m1/s1. The highest BCUT2D eigenvalue weighted by molar-refractivity contribution is 6.00. The Hall–Kier alpha value is -2.18. The third-order valence-electron chi connectivity index (χ3n) is 12.7. The molecule has 2 saturated carbocycles. The van der Waals surface area contributed by atoms with Crippen LogP contribution in [0.1, 0.15) is 52.9 Å². The molecule has 5 aliphatic heterocycles. The first-order chi connectivity index (χ1) is 18.2. The molecule has 0 aromatic rings. The van der Waals surface area contributed by atoms with E-state index in [4.69, 9.17) is 18.9 Å². The first-order valence-electron chi connectivity index (χ1n) is 13.8. The van der Waals surface area contributed by atoms with Crippen LogP contribution in [0.5, 0.6) is 0 Å². The predicted molar refractivity (Wildman–Crippen MR) is 125 cm³/mol. The molecule has 0 aromatic carbocycles. The van der Waals surface area contributed by atoms with E-state index in [0.717, 1.165) is 0 Å². The van der Waals surface area contributed by atoms with Crippen molar-refractivity contribution in [1.29, 1.82) is 0 Å². The van der Waals surface area contributed by atoms with Gasteiger partial charge in [-0.1, -0.05) is 13.0 Å². The molecule has 5 saturated heterocycles. The Morgan fingerprint density at radius 1 is 1.05 bits per heavy atom. The summed E-state index contributed by atoms with van der Waals surface area (Å²) in [6, 6.07) is 0. The number of Topliss-reactive ketones (excluding diaryl/α,β-unsaturated/α-hetero) is 1. The number of aliphatic hydroxyl groups excluding tert-OH is 1. The summed E-state index contributed by atoms with van der Waals surface area (Å²) < 4.78 is 24.9. The Labute approximate surface area is 223 Å². The van der Waals surface area contributed by atoms with Crippen molar-refractivity contribution in [3.63, 3.8) is 0 Å². The van der Waals surface area contributed by atoms with Gasteiger partial charge in [-0.2, -0.15) is 0 Å². The lowest BCUT2D eigenvalue weighted by Crippen LogP contribution is -2.79. The molecule has 39 heavy (non-hydrogen) atoms. The molecule has 5 heterocycles. The maximum absolute atomic E-state index is 14.9. The third kappa shape index (κ3) is 2.10. The van der Waals surface area contributed by atoms with Crippen LogP contribution in [-0.2, 0) is 38.1 Å². The smallest absolute Gasteiger partial charge is 0.342 e. The predicted octanol–water partition coefficient (Wildman–Crippen LogP) is -0.277. The number of allylic oxidation sites excluding steroid dienone is 1. The number of hydrogen-bond donors (Lipinski definition) is 3. The zero-order valence-electron chi connectivity index (χ0n) is 22.0. The van der Waals surface area contributed by atoms with Gasteiger partial charge in [-0.05, 0) is 63.4 Å². The van der Waals surface area contributed by atoms with E-state index >= 15 is 0 Å². The van der Waals surface area contributed by atoms with Crippen LogP contribution < -0.4 is 0 Å². The number of carbonyl (C=O) groups excluding carboxylic acids is 4. The number of carbonyl (C=O) groups is 4. The fraction of sp³-hybridized carbons (Fsp3) is 0.786. The highest BCUT2D eigenvalue weighted by Gasteiger charge is 2.93. The van der Waals surface area contributed by atoms with Gasteiger partial charge in [0, 0.05) is 5.92 Å². The van der Waals surface area contributed by atoms with Crippen molar-refractivity contribution in [2.24, 2.45) is 34.5 Å². The number of ketones is 2. The Bertz CT molecular complexity index is 1330. The average molecular weight is 545 g/mol. The largest absolute Gasteiger partial charge is 0.458 e. The van der Waals surface area contributed by atoms with Crippen LogP contribution in [0.15, 0.2) is 12.2 Å². The van der Waals surface area contributed by atoms with Gasteiger partial charge >= 0.3 is 11.9 Å². The lowest BCUT2D eigenvalue weighted by Gasteiger charge is -2.64. The molecule has 8 aliphatic rings. The Balaban J connectivity index is 1.43. The second-order valence-electron chi connectivity index (χ2n) is 13.8. The van der Waals surface area contributed by atoms with E-state index in [0.29, 0.717) is 0 Å².